The summed E-state index contributed by atoms with van der Waals surface area (Å²) in [5.41, 5.74) is 7.26. The molecule has 0 saturated heterocycles. The lowest BCUT2D eigenvalue weighted by atomic mass is 10.2. The molecule has 0 radical (unpaired) electrons. The van der Waals surface area contributed by atoms with Crippen molar-refractivity contribution in [1.82, 2.24) is 0 Å². The highest BCUT2D eigenvalue weighted by molar-refractivity contribution is 9.10. The topological polar surface area (TPSA) is 55.1 Å². The highest BCUT2D eigenvalue weighted by atomic mass is 79.9. The van der Waals surface area contributed by atoms with Crippen LogP contribution >= 0.6 is 28.3 Å². The van der Waals surface area contributed by atoms with Gasteiger partial charge in [-0.15, -0.1) is 12.4 Å². The lowest BCUT2D eigenvalue weighted by Crippen LogP contribution is -2.13. The predicted molar refractivity (Wildman–Crippen MR) is 73.0 cm³/mol. The van der Waals surface area contributed by atoms with E-state index in [4.69, 9.17) is 5.73 Å². The van der Waals surface area contributed by atoms with Crippen LogP contribution in [0.15, 0.2) is 22.7 Å². The van der Waals surface area contributed by atoms with Crippen LogP contribution in [-0.4, -0.2) is 12.5 Å². The maximum absolute atomic E-state index is 11.4. The molecule has 5 heteroatoms. The van der Waals surface area contributed by atoms with Gasteiger partial charge in [0.05, 0.1) is 0 Å². The Hall–Kier alpha value is -0.580. The average Bonchev–Trinajstić information content (AvgIpc) is 2.20. The number of aryl methyl sites for hydroxylation is 1. The van der Waals surface area contributed by atoms with Gasteiger partial charge in [-0.25, -0.2) is 0 Å². The second-order valence-electron chi connectivity index (χ2n) is 3.40. The van der Waals surface area contributed by atoms with Gasteiger partial charge in [0.1, 0.15) is 0 Å². The first-order valence-corrected chi connectivity index (χ1v) is 5.69. The fourth-order valence-corrected chi connectivity index (χ4v) is 1.46. The molecule has 0 aliphatic heterocycles. The van der Waals surface area contributed by atoms with E-state index in [2.05, 4.69) is 21.2 Å². The largest absolute Gasteiger partial charge is 0.330 e. The van der Waals surface area contributed by atoms with Gasteiger partial charge in [0.2, 0.25) is 5.91 Å². The zero-order valence-corrected chi connectivity index (χ0v) is 11.5. The van der Waals surface area contributed by atoms with Gasteiger partial charge in [-0.2, -0.15) is 0 Å². The average molecular weight is 308 g/mol. The molecular weight excluding hydrogens is 291 g/mol. The third-order valence-corrected chi connectivity index (χ3v) is 2.94. The van der Waals surface area contributed by atoms with Crippen LogP contribution in [-0.2, 0) is 4.79 Å². The highest BCUT2D eigenvalue weighted by Gasteiger charge is 2.02. The molecule has 3 nitrogen and oxygen atoms in total. The number of amides is 1. The summed E-state index contributed by atoms with van der Waals surface area (Å²) < 4.78 is 1.04. The second kappa shape index (κ2) is 7.65. The number of rotatable bonds is 4. The molecule has 0 bridgehead atoms. The summed E-state index contributed by atoms with van der Waals surface area (Å²) in [5.74, 6) is 0.0159. The van der Waals surface area contributed by atoms with Crippen molar-refractivity contribution in [1.29, 1.82) is 0 Å². The minimum absolute atomic E-state index is 0. The van der Waals surface area contributed by atoms with E-state index in [0.717, 1.165) is 22.1 Å². The minimum atomic E-state index is 0. The van der Waals surface area contributed by atoms with E-state index in [1.165, 1.54) is 0 Å². The number of hydrogen-bond acceptors (Lipinski definition) is 2. The Bertz CT molecular complexity index is 358. The quantitative estimate of drug-likeness (QED) is 0.898. The number of anilines is 1. The molecule has 90 valence electrons. The number of carbonyl (C=O) groups excluding carboxylic acids is 1. The molecule has 1 rings (SSSR count). The molecule has 0 atom stereocenters. The maximum atomic E-state index is 11.4. The monoisotopic (exact) mass is 306 g/mol. The fourth-order valence-electron chi connectivity index (χ4n) is 1.21. The molecule has 1 aromatic rings. The van der Waals surface area contributed by atoms with E-state index >= 15 is 0 Å². The molecular formula is C11H16BrClN2O. The van der Waals surface area contributed by atoms with Crippen LogP contribution < -0.4 is 11.1 Å². The number of hydrogen-bond donors (Lipinski definition) is 2. The molecule has 0 unspecified atom stereocenters. The van der Waals surface area contributed by atoms with Crippen LogP contribution in [0.25, 0.3) is 0 Å². The number of nitrogens with one attached hydrogen (secondary N) is 1. The third-order valence-electron chi connectivity index (χ3n) is 2.05. The summed E-state index contributed by atoms with van der Waals surface area (Å²) in [6, 6.07) is 5.73. The SMILES string of the molecule is Cc1cc(NC(=O)CCCN)ccc1Br.Cl. The Morgan fingerprint density at radius 3 is 2.75 bits per heavy atom. The number of benzene rings is 1. The first kappa shape index (κ1) is 15.4. The van der Waals surface area contributed by atoms with Crippen LogP contribution in [0.3, 0.4) is 0 Å². The van der Waals surface area contributed by atoms with Gasteiger partial charge in [0.15, 0.2) is 0 Å². The molecule has 0 aliphatic rings. The second-order valence-corrected chi connectivity index (χ2v) is 4.26. The molecule has 0 spiro atoms. The van der Waals surface area contributed by atoms with Crippen molar-refractivity contribution in [2.45, 2.75) is 19.8 Å². The Morgan fingerprint density at radius 2 is 2.19 bits per heavy atom. The molecule has 0 aromatic heterocycles. The van der Waals surface area contributed by atoms with Crippen molar-refractivity contribution in [2.24, 2.45) is 5.73 Å². The first-order valence-electron chi connectivity index (χ1n) is 4.89. The molecule has 3 N–H and O–H groups in total. The van der Waals surface area contributed by atoms with Gasteiger partial charge in [-0.05, 0) is 43.7 Å². The Labute approximate surface area is 110 Å². The van der Waals surface area contributed by atoms with E-state index in [9.17, 15) is 4.79 Å². The van der Waals surface area contributed by atoms with Crippen molar-refractivity contribution < 1.29 is 4.79 Å². The normalized spacial score (nSPS) is 9.44. The van der Waals surface area contributed by atoms with Crippen molar-refractivity contribution in [3.05, 3.63) is 28.2 Å². The Kier molecular flexibility index (Phi) is 7.38. The Morgan fingerprint density at radius 1 is 1.50 bits per heavy atom. The van der Waals surface area contributed by atoms with E-state index in [1.54, 1.807) is 0 Å². The molecule has 0 fully saturated rings. The molecule has 1 amide bonds. The minimum Gasteiger partial charge on any atom is -0.330 e. The summed E-state index contributed by atoms with van der Waals surface area (Å²) in [6.45, 7) is 2.53. The van der Waals surface area contributed by atoms with Crippen molar-refractivity contribution >= 4 is 39.9 Å². The van der Waals surface area contributed by atoms with Crippen LogP contribution in [0.2, 0.25) is 0 Å². The zero-order chi connectivity index (χ0) is 11.3. The summed E-state index contributed by atoms with van der Waals surface area (Å²) >= 11 is 3.41. The molecule has 0 aliphatic carbocycles. The van der Waals surface area contributed by atoms with Gasteiger partial charge in [0, 0.05) is 16.6 Å². The summed E-state index contributed by atoms with van der Waals surface area (Å²) in [6.07, 6.45) is 1.20. The lowest BCUT2D eigenvalue weighted by Gasteiger charge is -2.06. The van der Waals surface area contributed by atoms with Gasteiger partial charge in [0.25, 0.3) is 0 Å². The van der Waals surface area contributed by atoms with E-state index in [-0.39, 0.29) is 18.3 Å². The van der Waals surface area contributed by atoms with Crippen molar-refractivity contribution in [2.75, 3.05) is 11.9 Å². The number of nitrogens with two attached hydrogens (primary N) is 1. The van der Waals surface area contributed by atoms with E-state index < -0.39 is 0 Å². The van der Waals surface area contributed by atoms with Gasteiger partial charge in [-0.1, -0.05) is 15.9 Å². The Balaban J connectivity index is 0.00000225. The summed E-state index contributed by atoms with van der Waals surface area (Å²) in [4.78, 5) is 11.4. The number of halogens is 2. The van der Waals surface area contributed by atoms with Crippen molar-refractivity contribution in [3.8, 4) is 0 Å². The third kappa shape index (κ3) is 4.96. The first-order chi connectivity index (χ1) is 7.13. The van der Waals surface area contributed by atoms with Crippen LogP contribution in [0.1, 0.15) is 18.4 Å². The van der Waals surface area contributed by atoms with E-state index in [0.29, 0.717) is 13.0 Å². The van der Waals surface area contributed by atoms with Crippen molar-refractivity contribution in [3.63, 3.8) is 0 Å². The predicted octanol–water partition coefficient (Wildman–Crippen LogP) is 2.86. The van der Waals surface area contributed by atoms with Crippen LogP contribution in [0.4, 0.5) is 5.69 Å². The number of carbonyl (C=O) groups is 1. The smallest absolute Gasteiger partial charge is 0.224 e. The van der Waals surface area contributed by atoms with Crippen LogP contribution in [0.5, 0.6) is 0 Å². The summed E-state index contributed by atoms with van der Waals surface area (Å²) in [5, 5.41) is 2.83. The highest BCUT2D eigenvalue weighted by Crippen LogP contribution is 2.20. The maximum Gasteiger partial charge on any atom is 0.224 e. The zero-order valence-electron chi connectivity index (χ0n) is 9.13. The fraction of sp³-hybridized carbons (Fsp3) is 0.364. The molecule has 0 heterocycles. The van der Waals surface area contributed by atoms with Gasteiger partial charge in [-0.3, -0.25) is 4.79 Å². The standard InChI is InChI=1S/C11H15BrN2O.ClH/c1-8-7-9(4-5-10(8)12)14-11(15)3-2-6-13;/h4-5,7H,2-3,6,13H2,1H3,(H,14,15);1H. The molecule has 1 aromatic carbocycles. The summed E-state index contributed by atoms with van der Waals surface area (Å²) in [7, 11) is 0. The van der Waals surface area contributed by atoms with Gasteiger partial charge >= 0.3 is 0 Å². The van der Waals surface area contributed by atoms with Crippen LogP contribution in [0, 0.1) is 6.92 Å². The lowest BCUT2D eigenvalue weighted by molar-refractivity contribution is -0.116. The van der Waals surface area contributed by atoms with Gasteiger partial charge < -0.3 is 11.1 Å². The molecule has 0 saturated carbocycles. The molecule has 16 heavy (non-hydrogen) atoms. The van der Waals surface area contributed by atoms with E-state index in [1.807, 2.05) is 25.1 Å².